The number of likely N-dealkylation sites (N-methyl/N-ethyl adjacent to an activating group) is 1. The first-order valence-electron chi connectivity index (χ1n) is 8.46. The molecule has 2 aromatic rings. The van der Waals surface area contributed by atoms with E-state index in [0.29, 0.717) is 6.04 Å². The van der Waals surface area contributed by atoms with Gasteiger partial charge in [0.2, 0.25) is 0 Å². The highest BCUT2D eigenvalue weighted by Gasteiger charge is 2.26. The fourth-order valence-electron chi connectivity index (χ4n) is 3.36. The highest BCUT2D eigenvalue weighted by atomic mass is 15.3. The molecule has 0 aromatic carbocycles. The SMILES string of the molecule is CCn1c(C)nnc1CN(C)[C@@H]1CCN(CCn2cccn2)C1. The summed E-state index contributed by atoms with van der Waals surface area (Å²) in [6.45, 7) is 10.3. The third kappa shape index (κ3) is 3.79. The molecular weight excluding hydrogens is 290 g/mol. The normalized spacial score (nSPS) is 19.0. The lowest BCUT2D eigenvalue weighted by atomic mass is 10.2. The molecule has 0 N–H and O–H groups in total. The van der Waals surface area contributed by atoms with E-state index in [1.54, 1.807) is 0 Å². The molecule has 0 bridgehead atoms. The van der Waals surface area contributed by atoms with Gasteiger partial charge in [-0.1, -0.05) is 0 Å². The van der Waals surface area contributed by atoms with Crippen LogP contribution in [0.25, 0.3) is 0 Å². The average Bonchev–Trinajstić information content (AvgIpc) is 3.26. The first-order valence-corrected chi connectivity index (χ1v) is 8.46. The van der Waals surface area contributed by atoms with E-state index in [9.17, 15) is 0 Å². The predicted molar refractivity (Wildman–Crippen MR) is 89.0 cm³/mol. The van der Waals surface area contributed by atoms with E-state index >= 15 is 0 Å². The van der Waals surface area contributed by atoms with Crippen molar-refractivity contribution in [2.45, 2.75) is 45.9 Å². The average molecular weight is 317 g/mol. The Hall–Kier alpha value is -1.73. The standard InChI is InChI=1S/C16H27N7/c1-4-23-14(2)18-19-16(23)13-20(3)15-6-9-21(12-15)10-11-22-8-5-7-17-22/h5,7-8,15H,4,6,9-13H2,1-3H3/t15-/m1/s1. The summed E-state index contributed by atoms with van der Waals surface area (Å²) < 4.78 is 4.20. The molecule has 7 heteroatoms. The maximum absolute atomic E-state index is 4.33. The van der Waals surface area contributed by atoms with Crippen molar-refractivity contribution in [3.05, 3.63) is 30.1 Å². The Balaban J connectivity index is 1.49. The second-order valence-corrected chi connectivity index (χ2v) is 6.34. The topological polar surface area (TPSA) is 55.0 Å². The summed E-state index contributed by atoms with van der Waals surface area (Å²) in [5.41, 5.74) is 0. The van der Waals surface area contributed by atoms with Crippen LogP contribution in [0, 0.1) is 6.92 Å². The molecule has 0 radical (unpaired) electrons. The van der Waals surface area contributed by atoms with E-state index in [-0.39, 0.29) is 0 Å². The van der Waals surface area contributed by atoms with Crippen LogP contribution in [0.1, 0.15) is 25.0 Å². The highest BCUT2D eigenvalue weighted by molar-refractivity contribution is 4.95. The molecule has 1 aliphatic rings. The molecule has 3 heterocycles. The van der Waals surface area contributed by atoms with Gasteiger partial charge in [-0.25, -0.2) is 0 Å². The van der Waals surface area contributed by atoms with E-state index in [0.717, 1.165) is 50.9 Å². The number of aromatic nitrogens is 5. The number of hydrogen-bond acceptors (Lipinski definition) is 5. The van der Waals surface area contributed by atoms with Crippen LogP contribution in [0.4, 0.5) is 0 Å². The Bertz CT molecular complexity index is 604. The molecule has 0 spiro atoms. The zero-order chi connectivity index (χ0) is 16.2. The summed E-state index contributed by atoms with van der Waals surface area (Å²) >= 11 is 0. The summed E-state index contributed by atoms with van der Waals surface area (Å²) in [7, 11) is 2.20. The number of likely N-dealkylation sites (tertiary alicyclic amines) is 1. The number of nitrogens with zero attached hydrogens (tertiary/aromatic N) is 7. The van der Waals surface area contributed by atoms with E-state index in [4.69, 9.17) is 0 Å². The first kappa shape index (κ1) is 16.1. The van der Waals surface area contributed by atoms with Crippen LogP contribution in [0.2, 0.25) is 0 Å². The second kappa shape index (κ2) is 7.23. The fraction of sp³-hybridized carbons (Fsp3) is 0.688. The van der Waals surface area contributed by atoms with Crippen molar-refractivity contribution in [1.29, 1.82) is 0 Å². The Kier molecular flexibility index (Phi) is 5.07. The third-order valence-corrected chi connectivity index (χ3v) is 4.79. The smallest absolute Gasteiger partial charge is 0.147 e. The zero-order valence-corrected chi connectivity index (χ0v) is 14.4. The molecule has 7 nitrogen and oxygen atoms in total. The second-order valence-electron chi connectivity index (χ2n) is 6.34. The van der Waals surface area contributed by atoms with Crippen LogP contribution in [0.15, 0.2) is 18.5 Å². The largest absolute Gasteiger partial charge is 0.314 e. The van der Waals surface area contributed by atoms with Crippen molar-refractivity contribution < 1.29 is 0 Å². The number of aryl methyl sites for hydroxylation is 1. The summed E-state index contributed by atoms with van der Waals surface area (Å²) in [5.74, 6) is 2.07. The van der Waals surface area contributed by atoms with Crippen molar-refractivity contribution >= 4 is 0 Å². The third-order valence-electron chi connectivity index (χ3n) is 4.79. The molecule has 1 atom stereocenters. The van der Waals surface area contributed by atoms with Gasteiger partial charge in [-0.2, -0.15) is 5.10 Å². The van der Waals surface area contributed by atoms with Gasteiger partial charge in [0.05, 0.1) is 13.1 Å². The van der Waals surface area contributed by atoms with Crippen LogP contribution < -0.4 is 0 Å². The van der Waals surface area contributed by atoms with Crippen molar-refractivity contribution in [1.82, 2.24) is 34.3 Å². The van der Waals surface area contributed by atoms with Gasteiger partial charge >= 0.3 is 0 Å². The molecule has 1 aliphatic heterocycles. The summed E-state index contributed by atoms with van der Waals surface area (Å²) in [6.07, 6.45) is 5.08. The van der Waals surface area contributed by atoms with Crippen LogP contribution in [0.3, 0.4) is 0 Å². The van der Waals surface area contributed by atoms with Gasteiger partial charge in [0, 0.05) is 38.1 Å². The molecule has 0 saturated carbocycles. The van der Waals surface area contributed by atoms with Crippen LogP contribution in [0.5, 0.6) is 0 Å². The van der Waals surface area contributed by atoms with Crippen LogP contribution in [-0.2, 0) is 19.6 Å². The van der Waals surface area contributed by atoms with E-state index in [1.165, 1.54) is 6.42 Å². The molecule has 1 saturated heterocycles. The highest BCUT2D eigenvalue weighted by Crippen LogP contribution is 2.16. The maximum Gasteiger partial charge on any atom is 0.147 e. The molecule has 2 aromatic heterocycles. The molecule has 3 rings (SSSR count). The predicted octanol–water partition coefficient (Wildman–Crippen LogP) is 1.01. The van der Waals surface area contributed by atoms with E-state index in [1.807, 2.05) is 30.1 Å². The van der Waals surface area contributed by atoms with Gasteiger partial charge in [-0.3, -0.25) is 14.5 Å². The Morgan fingerprint density at radius 3 is 2.91 bits per heavy atom. The molecule has 23 heavy (non-hydrogen) atoms. The van der Waals surface area contributed by atoms with E-state index < -0.39 is 0 Å². The lowest BCUT2D eigenvalue weighted by Crippen LogP contribution is -2.35. The van der Waals surface area contributed by atoms with Gasteiger partial charge in [-0.05, 0) is 39.9 Å². The molecular formula is C16H27N7. The Morgan fingerprint density at radius 2 is 2.17 bits per heavy atom. The number of rotatable bonds is 7. The summed E-state index contributed by atoms with van der Waals surface area (Å²) in [6, 6.07) is 2.57. The van der Waals surface area contributed by atoms with Crippen molar-refractivity contribution in [2.24, 2.45) is 0 Å². The van der Waals surface area contributed by atoms with Gasteiger partial charge in [0.15, 0.2) is 0 Å². The van der Waals surface area contributed by atoms with Crippen LogP contribution >= 0.6 is 0 Å². The molecule has 1 fully saturated rings. The maximum atomic E-state index is 4.33. The molecule has 126 valence electrons. The molecule has 0 amide bonds. The minimum absolute atomic E-state index is 0.593. The Labute approximate surface area is 137 Å². The van der Waals surface area contributed by atoms with Gasteiger partial charge in [0.1, 0.15) is 11.6 Å². The molecule has 0 aliphatic carbocycles. The summed E-state index contributed by atoms with van der Waals surface area (Å²) in [5, 5.41) is 12.8. The lowest BCUT2D eigenvalue weighted by molar-refractivity contribution is 0.215. The summed E-state index contributed by atoms with van der Waals surface area (Å²) in [4.78, 5) is 4.95. The van der Waals surface area contributed by atoms with E-state index in [2.05, 4.69) is 43.6 Å². The zero-order valence-electron chi connectivity index (χ0n) is 14.4. The fourth-order valence-corrected chi connectivity index (χ4v) is 3.36. The lowest BCUT2D eigenvalue weighted by Gasteiger charge is -2.24. The van der Waals surface area contributed by atoms with Gasteiger partial charge in [0.25, 0.3) is 0 Å². The van der Waals surface area contributed by atoms with Crippen molar-refractivity contribution in [2.75, 3.05) is 26.7 Å². The number of hydrogen-bond donors (Lipinski definition) is 0. The first-order chi connectivity index (χ1) is 11.2. The van der Waals surface area contributed by atoms with Gasteiger partial charge < -0.3 is 4.57 Å². The minimum Gasteiger partial charge on any atom is -0.314 e. The van der Waals surface area contributed by atoms with Crippen LogP contribution in [-0.4, -0.2) is 67.1 Å². The van der Waals surface area contributed by atoms with Crippen molar-refractivity contribution in [3.63, 3.8) is 0 Å². The minimum atomic E-state index is 0.593. The van der Waals surface area contributed by atoms with Gasteiger partial charge in [-0.15, -0.1) is 10.2 Å². The monoisotopic (exact) mass is 317 g/mol. The molecule has 0 unspecified atom stereocenters. The van der Waals surface area contributed by atoms with Crippen molar-refractivity contribution in [3.8, 4) is 0 Å². The quantitative estimate of drug-likeness (QED) is 0.763. The Morgan fingerprint density at radius 1 is 1.30 bits per heavy atom.